The van der Waals surface area contributed by atoms with E-state index in [4.69, 9.17) is 0 Å². The molecule has 2 rings (SSSR count). The highest BCUT2D eigenvalue weighted by molar-refractivity contribution is 9.10. The molecule has 0 amide bonds. The van der Waals surface area contributed by atoms with Crippen LogP contribution in [0.5, 0.6) is 0 Å². The summed E-state index contributed by atoms with van der Waals surface area (Å²) in [6.45, 7) is 0. The minimum Gasteiger partial charge on any atom is -0.372 e. The minimum atomic E-state index is -0.702. The molecule has 0 aliphatic carbocycles. The zero-order valence-corrected chi connectivity index (χ0v) is 10.9. The van der Waals surface area contributed by atoms with Gasteiger partial charge >= 0.3 is 0 Å². The van der Waals surface area contributed by atoms with Gasteiger partial charge in [0.1, 0.15) is 17.5 Å². The fraction of sp³-hybridized carbons (Fsp3) is 0.0909. The van der Waals surface area contributed by atoms with Gasteiger partial charge in [-0.15, -0.1) is 0 Å². The average Bonchev–Trinajstić information content (AvgIpc) is 2.36. The standard InChI is InChI=1S/C11H9BrF2N4/c1-15-10-4-16-5-11(18-10)17-9-2-6(12)7(13)3-8(9)14/h2-5H,1H3,(H2,15,17,18). The average molecular weight is 315 g/mol. The van der Waals surface area contributed by atoms with E-state index in [1.165, 1.54) is 18.5 Å². The highest BCUT2D eigenvalue weighted by Crippen LogP contribution is 2.25. The van der Waals surface area contributed by atoms with E-state index < -0.39 is 11.6 Å². The van der Waals surface area contributed by atoms with Gasteiger partial charge in [-0.05, 0) is 22.0 Å². The van der Waals surface area contributed by atoms with E-state index in [1.807, 2.05) is 0 Å². The summed E-state index contributed by atoms with van der Waals surface area (Å²) in [7, 11) is 1.70. The fourth-order valence-electron chi connectivity index (χ4n) is 1.30. The van der Waals surface area contributed by atoms with Gasteiger partial charge in [-0.25, -0.2) is 13.8 Å². The molecule has 0 atom stereocenters. The van der Waals surface area contributed by atoms with E-state index in [1.54, 1.807) is 7.05 Å². The minimum absolute atomic E-state index is 0.117. The van der Waals surface area contributed by atoms with Crippen molar-refractivity contribution in [3.05, 3.63) is 40.6 Å². The Morgan fingerprint density at radius 3 is 2.56 bits per heavy atom. The fourth-order valence-corrected chi connectivity index (χ4v) is 1.65. The molecular formula is C11H9BrF2N4. The van der Waals surface area contributed by atoms with Crippen LogP contribution in [0.15, 0.2) is 29.0 Å². The van der Waals surface area contributed by atoms with E-state index in [-0.39, 0.29) is 10.2 Å². The Labute approximate surface area is 111 Å². The number of hydrogen-bond acceptors (Lipinski definition) is 4. The lowest BCUT2D eigenvalue weighted by Gasteiger charge is -2.08. The van der Waals surface area contributed by atoms with E-state index >= 15 is 0 Å². The molecule has 94 valence electrons. The second-order valence-corrected chi connectivity index (χ2v) is 4.27. The normalized spacial score (nSPS) is 10.2. The van der Waals surface area contributed by atoms with E-state index in [0.29, 0.717) is 11.6 Å². The largest absolute Gasteiger partial charge is 0.372 e. The first-order valence-electron chi connectivity index (χ1n) is 5.01. The van der Waals surface area contributed by atoms with Crippen LogP contribution in [0, 0.1) is 11.6 Å². The summed E-state index contributed by atoms with van der Waals surface area (Å²) < 4.78 is 26.7. The van der Waals surface area contributed by atoms with Crippen LogP contribution in [-0.2, 0) is 0 Å². The molecule has 18 heavy (non-hydrogen) atoms. The molecule has 0 radical (unpaired) electrons. The van der Waals surface area contributed by atoms with Crippen molar-refractivity contribution in [2.45, 2.75) is 0 Å². The summed E-state index contributed by atoms with van der Waals surface area (Å²) in [5.41, 5.74) is 0.117. The lowest BCUT2D eigenvalue weighted by Crippen LogP contribution is -2.00. The van der Waals surface area contributed by atoms with Crippen molar-refractivity contribution in [1.29, 1.82) is 0 Å². The Bertz CT molecular complexity index is 577. The lowest BCUT2D eigenvalue weighted by molar-refractivity contribution is 0.581. The Kier molecular flexibility index (Phi) is 3.71. The molecule has 0 saturated carbocycles. The SMILES string of the molecule is CNc1cncc(Nc2cc(Br)c(F)cc2F)n1. The second kappa shape index (κ2) is 5.26. The first-order valence-corrected chi connectivity index (χ1v) is 5.81. The summed E-state index contributed by atoms with van der Waals surface area (Å²) in [6.07, 6.45) is 2.97. The first-order chi connectivity index (χ1) is 8.60. The number of aromatic nitrogens is 2. The van der Waals surface area contributed by atoms with Crippen molar-refractivity contribution in [2.24, 2.45) is 0 Å². The molecule has 7 heteroatoms. The molecule has 1 heterocycles. The molecule has 2 N–H and O–H groups in total. The van der Waals surface area contributed by atoms with Gasteiger partial charge < -0.3 is 10.6 Å². The monoisotopic (exact) mass is 314 g/mol. The van der Waals surface area contributed by atoms with Gasteiger partial charge in [-0.2, -0.15) is 0 Å². The quantitative estimate of drug-likeness (QED) is 0.853. The maximum atomic E-state index is 13.5. The molecule has 1 aromatic carbocycles. The Morgan fingerprint density at radius 1 is 1.11 bits per heavy atom. The molecule has 0 saturated heterocycles. The number of nitrogens with one attached hydrogen (secondary N) is 2. The van der Waals surface area contributed by atoms with Crippen molar-refractivity contribution < 1.29 is 8.78 Å². The number of anilines is 3. The van der Waals surface area contributed by atoms with Crippen LogP contribution in [0.2, 0.25) is 0 Å². The number of benzene rings is 1. The van der Waals surface area contributed by atoms with Crippen LogP contribution < -0.4 is 10.6 Å². The van der Waals surface area contributed by atoms with E-state index in [9.17, 15) is 8.78 Å². The molecule has 2 aromatic rings. The van der Waals surface area contributed by atoms with Crippen LogP contribution in [0.4, 0.5) is 26.1 Å². The number of halogens is 3. The molecule has 4 nitrogen and oxygen atoms in total. The van der Waals surface area contributed by atoms with Crippen molar-refractivity contribution >= 4 is 33.3 Å². The zero-order chi connectivity index (χ0) is 13.1. The Hall–Kier alpha value is -1.76. The van der Waals surface area contributed by atoms with Crippen LogP contribution in [0.3, 0.4) is 0 Å². The topological polar surface area (TPSA) is 49.8 Å². The van der Waals surface area contributed by atoms with Crippen LogP contribution >= 0.6 is 15.9 Å². The molecule has 0 fully saturated rings. The highest BCUT2D eigenvalue weighted by Gasteiger charge is 2.09. The Morgan fingerprint density at radius 2 is 1.83 bits per heavy atom. The maximum absolute atomic E-state index is 13.5. The van der Waals surface area contributed by atoms with Crippen molar-refractivity contribution in [2.75, 3.05) is 17.7 Å². The molecular weight excluding hydrogens is 306 g/mol. The molecule has 0 aliphatic heterocycles. The Balaban J connectivity index is 2.30. The van der Waals surface area contributed by atoms with Crippen molar-refractivity contribution in [3.63, 3.8) is 0 Å². The third kappa shape index (κ3) is 2.73. The summed E-state index contributed by atoms with van der Waals surface area (Å²) in [4.78, 5) is 8.04. The molecule has 0 aliphatic rings. The van der Waals surface area contributed by atoms with Gasteiger partial charge in [0.05, 0.1) is 22.6 Å². The van der Waals surface area contributed by atoms with E-state index in [0.717, 1.165) is 6.07 Å². The van der Waals surface area contributed by atoms with Crippen molar-refractivity contribution in [1.82, 2.24) is 9.97 Å². The summed E-state index contributed by atoms with van der Waals surface area (Å²) in [6, 6.07) is 2.10. The predicted octanol–water partition coefficient (Wildman–Crippen LogP) is 3.30. The number of nitrogens with zero attached hydrogens (tertiary/aromatic N) is 2. The summed E-state index contributed by atoms with van der Waals surface area (Å²) in [5.74, 6) is -0.457. The summed E-state index contributed by atoms with van der Waals surface area (Å²) in [5, 5.41) is 5.54. The van der Waals surface area contributed by atoms with Crippen LogP contribution in [-0.4, -0.2) is 17.0 Å². The van der Waals surface area contributed by atoms with Gasteiger partial charge in [0, 0.05) is 13.1 Å². The molecule has 0 bridgehead atoms. The van der Waals surface area contributed by atoms with E-state index in [2.05, 4.69) is 36.5 Å². The summed E-state index contributed by atoms with van der Waals surface area (Å²) >= 11 is 2.99. The van der Waals surface area contributed by atoms with Crippen LogP contribution in [0.25, 0.3) is 0 Å². The second-order valence-electron chi connectivity index (χ2n) is 3.41. The predicted molar refractivity (Wildman–Crippen MR) is 68.9 cm³/mol. The highest BCUT2D eigenvalue weighted by atomic mass is 79.9. The van der Waals surface area contributed by atoms with Gasteiger partial charge in [0.15, 0.2) is 5.82 Å². The maximum Gasteiger partial charge on any atom is 0.151 e. The van der Waals surface area contributed by atoms with Gasteiger partial charge in [0.2, 0.25) is 0 Å². The molecule has 0 unspecified atom stereocenters. The van der Waals surface area contributed by atoms with Gasteiger partial charge in [0.25, 0.3) is 0 Å². The molecule has 0 spiro atoms. The third-order valence-electron chi connectivity index (χ3n) is 2.16. The van der Waals surface area contributed by atoms with Gasteiger partial charge in [-0.1, -0.05) is 0 Å². The lowest BCUT2D eigenvalue weighted by atomic mass is 10.3. The van der Waals surface area contributed by atoms with Crippen LogP contribution in [0.1, 0.15) is 0 Å². The number of hydrogen-bond donors (Lipinski definition) is 2. The smallest absolute Gasteiger partial charge is 0.151 e. The zero-order valence-electron chi connectivity index (χ0n) is 9.34. The first kappa shape index (κ1) is 12.7. The third-order valence-corrected chi connectivity index (χ3v) is 2.77. The molecule has 1 aromatic heterocycles. The van der Waals surface area contributed by atoms with Crippen molar-refractivity contribution in [3.8, 4) is 0 Å². The number of rotatable bonds is 3. The van der Waals surface area contributed by atoms with Gasteiger partial charge in [-0.3, -0.25) is 4.98 Å².